The van der Waals surface area contributed by atoms with E-state index in [1.165, 1.54) is 0 Å². The van der Waals surface area contributed by atoms with Crippen LogP contribution < -0.4 is 10.6 Å². The van der Waals surface area contributed by atoms with Crippen LogP contribution in [-0.2, 0) is 16.0 Å². The summed E-state index contributed by atoms with van der Waals surface area (Å²) in [4.78, 5) is 24.1. The highest BCUT2D eigenvalue weighted by atomic mass is 16.3. The lowest BCUT2D eigenvalue weighted by Gasteiger charge is -2.22. The van der Waals surface area contributed by atoms with Crippen molar-refractivity contribution in [3.8, 4) is 0 Å². The molecule has 1 aliphatic heterocycles. The van der Waals surface area contributed by atoms with Crippen molar-refractivity contribution in [1.82, 2.24) is 10.6 Å². The van der Waals surface area contributed by atoms with Crippen LogP contribution in [0.4, 0.5) is 0 Å². The third-order valence-electron chi connectivity index (χ3n) is 4.51. The molecule has 24 heavy (non-hydrogen) atoms. The minimum atomic E-state index is -0.429. The Morgan fingerprint density at radius 3 is 3.00 bits per heavy atom. The molecule has 2 aromatic carbocycles. The number of nitrogens with one attached hydrogen (secondary N) is 2. The van der Waals surface area contributed by atoms with Gasteiger partial charge in [0.05, 0.1) is 12.7 Å². The number of benzene rings is 2. The molecular weight excluding hydrogens is 304 g/mol. The maximum Gasteiger partial charge on any atom is 0.242 e. The summed E-state index contributed by atoms with van der Waals surface area (Å²) < 4.78 is 5.61. The van der Waals surface area contributed by atoms with Gasteiger partial charge in [0, 0.05) is 17.5 Å². The van der Waals surface area contributed by atoms with Crippen LogP contribution in [0.25, 0.3) is 21.7 Å². The zero-order valence-electron chi connectivity index (χ0n) is 13.2. The molecule has 0 saturated carbocycles. The number of fused-ring (bicyclic) bond motifs is 3. The van der Waals surface area contributed by atoms with Crippen LogP contribution in [0.5, 0.6) is 0 Å². The minimum Gasteiger partial charge on any atom is -0.464 e. The molecule has 1 aromatic heterocycles. The smallest absolute Gasteiger partial charge is 0.242 e. The summed E-state index contributed by atoms with van der Waals surface area (Å²) in [5, 5.41) is 8.76. The summed E-state index contributed by atoms with van der Waals surface area (Å²) in [7, 11) is 0. The highest BCUT2D eigenvalue weighted by Gasteiger charge is 2.24. The molecule has 0 bridgehead atoms. The number of carbonyl (C=O) groups excluding carboxylic acids is 2. The van der Waals surface area contributed by atoms with Gasteiger partial charge in [-0.15, -0.1) is 0 Å². The van der Waals surface area contributed by atoms with E-state index in [1.807, 2.05) is 36.4 Å². The fourth-order valence-electron chi connectivity index (χ4n) is 3.33. The molecule has 0 radical (unpaired) electrons. The van der Waals surface area contributed by atoms with Gasteiger partial charge in [0.25, 0.3) is 0 Å². The van der Waals surface area contributed by atoms with E-state index >= 15 is 0 Å². The Morgan fingerprint density at radius 2 is 2.12 bits per heavy atom. The van der Waals surface area contributed by atoms with E-state index in [1.54, 1.807) is 6.26 Å². The van der Waals surface area contributed by atoms with Crippen LogP contribution in [0, 0.1) is 0 Å². The van der Waals surface area contributed by atoms with E-state index in [4.69, 9.17) is 4.42 Å². The Kier molecular flexibility index (Phi) is 3.69. The molecule has 2 N–H and O–H groups in total. The second-order valence-corrected chi connectivity index (χ2v) is 6.15. The number of piperidine rings is 1. The molecular formula is C19H18N2O3. The average Bonchev–Trinajstić information content (AvgIpc) is 3.00. The minimum absolute atomic E-state index is 0.0999. The molecule has 0 unspecified atom stereocenters. The highest BCUT2D eigenvalue weighted by molar-refractivity contribution is 6.08. The van der Waals surface area contributed by atoms with Crippen molar-refractivity contribution in [2.45, 2.75) is 25.3 Å². The van der Waals surface area contributed by atoms with Gasteiger partial charge in [-0.3, -0.25) is 9.59 Å². The van der Waals surface area contributed by atoms with Crippen LogP contribution in [0.15, 0.2) is 47.1 Å². The van der Waals surface area contributed by atoms with Gasteiger partial charge in [-0.2, -0.15) is 0 Å². The molecule has 1 aliphatic rings. The Morgan fingerprint density at radius 1 is 1.25 bits per heavy atom. The third-order valence-corrected chi connectivity index (χ3v) is 4.51. The summed E-state index contributed by atoms with van der Waals surface area (Å²) in [6.45, 7) is 0.684. The van der Waals surface area contributed by atoms with Crippen LogP contribution in [0.1, 0.15) is 18.4 Å². The zero-order chi connectivity index (χ0) is 16.5. The number of furan rings is 1. The molecule has 0 aliphatic carbocycles. The molecule has 3 aromatic rings. The van der Waals surface area contributed by atoms with Gasteiger partial charge in [-0.25, -0.2) is 0 Å². The fraction of sp³-hybridized carbons (Fsp3) is 0.263. The van der Waals surface area contributed by atoms with Crippen molar-refractivity contribution in [3.63, 3.8) is 0 Å². The molecule has 2 amide bonds. The van der Waals surface area contributed by atoms with Gasteiger partial charge in [0.15, 0.2) is 0 Å². The number of hydrogen-bond donors (Lipinski definition) is 2. The molecule has 0 spiro atoms. The second kappa shape index (κ2) is 6.00. The third kappa shape index (κ3) is 2.62. The standard InChI is InChI=1S/C19H18N2O3/c22-17(21-15-6-3-9-20-19(15)23)10-13-11-24-16-8-7-12-4-1-2-5-14(12)18(13)16/h1-2,4-5,7-8,11,15H,3,6,9-10H2,(H,20,23)(H,21,22)/t15-/m1/s1. The van der Waals surface area contributed by atoms with Crippen LogP contribution >= 0.6 is 0 Å². The highest BCUT2D eigenvalue weighted by Crippen LogP contribution is 2.30. The predicted molar refractivity (Wildman–Crippen MR) is 91.6 cm³/mol. The normalized spacial score (nSPS) is 17.8. The van der Waals surface area contributed by atoms with Crippen molar-refractivity contribution >= 4 is 33.6 Å². The Balaban J connectivity index is 1.61. The Labute approximate surface area is 139 Å². The van der Waals surface area contributed by atoms with Gasteiger partial charge in [0.2, 0.25) is 11.8 Å². The topological polar surface area (TPSA) is 71.3 Å². The van der Waals surface area contributed by atoms with Crippen molar-refractivity contribution < 1.29 is 14.0 Å². The lowest BCUT2D eigenvalue weighted by atomic mass is 10.0. The lowest BCUT2D eigenvalue weighted by molar-refractivity contribution is -0.129. The summed E-state index contributed by atoms with van der Waals surface area (Å²) in [5.41, 5.74) is 1.61. The van der Waals surface area contributed by atoms with Gasteiger partial charge >= 0.3 is 0 Å². The number of hydrogen-bond acceptors (Lipinski definition) is 3. The molecule has 1 saturated heterocycles. The first-order valence-corrected chi connectivity index (χ1v) is 8.17. The van der Waals surface area contributed by atoms with Crippen LogP contribution in [0.3, 0.4) is 0 Å². The second-order valence-electron chi connectivity index (χ2n) is 6.15. The predicted octanol–water partition coefficient (Wildman–Crippen LogP) is 2.52. The SMILES string of the molecule is O=C(Cc1coc2ccc3ccccc3c12)N[C@@H]1CCCNC1=O. The van der Waals surface area contributed by atoms with Gasteiger partial charge in [-0.1, -0.05) is 30.3 Å². The Bertz CT molecular complexity index is 929. The fourth-order valence-corrected chi connectivity index (χ4v) is 3.33. The molecule has 5 heteroatoms. The van der Waals surface area contributed by atoms with Crippen molar-refractivity contribution in [2.24, 2.45) is 0 Å². The first-order valence-electron chi connectivity index (χ1n) is 8.17. The zero-order valence-corrected chi connectivity index (χ0v) is 13.2. The monoisotopic (exact) mass is 322 g/mol. The number of rotatable bonds is 3. The van der Waals surface area contributed by atoms with Crippen molar-refractivity contribution in [1.29, 1.82) is 0 Å². The van der Waals surface area contributed by atoms with E-state index in [0.29, 0.717) is 13.0 Å². The molecule has 5 nitrogen and oxygen atoms in total. The Hall–Kier alpha value is -2.82. The van der Waals surface area contributed by atoms with E-state index in [9.17, 15) is 9.59 Å². The van der Waals surface area contributed by atoms with E-state index < -0.39 is 6.04 Å². The lowest BCUT2D eigenvalue weighted by Crippen LogP contribution is -2.50. The van der Waals surface area contributed by atoms with Crippen molar-refractivity contribution in [3.05, 3.63) is 48.2 Å². The van der Waals surface area contributed by atoms with Gasteiger partial charge in [-0.05, 0) is 29.7 Å². The number of amides is 2. The first kappa shape index (κ1) is 14.8. The largest absolute Gasteiger partial charge is 0.464 e. The number of carbonyl (C=O) groups is 2. The molecule has 2 heterocycles. The molecule has 1 atom stereocenters. The van der Waals surface area contributed by atoms with E-state index in [-0.39, 0.29) is 18.2 Å². The van der Waals surface area contributed by atoms with Gasteiger partial charge in [0.1, 0.15) is 11.6 Å². The average molecular weight is 322 g/mol. The molecule has 122 valence electrons. The maximum atomic E-state index is 12.4. The van der Waals surface area contributed by atoms with Crippen LogP contribution in [-0.4, -0.2) is 24.4 Å². The summed E-state index contributed by atoms with van der Waals surface area (Å²) in [5.74, 6) is -0.259. The summed E-state index contributed by atoms with van der Waals surface area (Å²) in [6, 6.07) is 11.5. The summed E-state index contributed by atoms with van der Waals surface area (Å²) >= 11 is 0. The van der Waals surface area contributed by atoms with Crippen molar-refractivity contribution in [2.75, 3.05) is 6.54 Å². The quantitative estimate of drug-likeness (QED) is 0.778. The molecule has 4 rings (SSSR count). The van der Waals surface area contributed by atoms with Gasteiger partial charge < -0.3 is 15.1 Å². The van der Waals surface area contributed by atoms with E-state index in [2.05, 4.69) is 10.6 Å². The van der Waals surface area contributed by atoms with Crippen LogP contribution in [0.2, 0.25) is 0 Å². The molecule has 1 fully saturated rings. The first-order chi connectivity index (χ1) is 11.7. The van der Waals surface area contributed by atoms with E-state index in [0.717, 1.165) is 33.7 Å². The maximum absolute atomic E-state index is 12.4. The summed E-state index contributed by atoms with van der Waals surface area (Å²) in [6.07, 6.45) is 3.41.